The summed E-state index contributed by atoms with van der Waals surface area (Å²) in [5.74, 6) is -0.722. The van der Waals surface area contributed by atoms with E-state index in [2.05, 4.69) is 5.32 Å². The first-order chi connectivity index (χ1) is 8.04. The minimum atomic E-state index is -0.507. The highest BCUT2D eigenvalue weighted by molar-refractivity contribution is 7.80. The summed E-state index contributed by atoms with van der Waals surface area (Å²) in [6.45, 7) is 0.329. The number of ether oxygens (including phenoxy) is 1. The van der Waals surface area contributed by atoms with Crippen LogP contribution in [0.1, 0.15) is 12.0 Å². The molecule has 0 unspecified atom stereocenters. The van der Waals surface area contributed by atoms with E-state index < -0.39 is 5.82 Å². The van der Waals surface area contributed by atoms with Crippen LogP contribution in [0.15, 0.2) is 18.2 Å². The molecule has 92 valence electrons. The molecule has 3 N–H and O–H groups in total. The van der Waals surface area contributed by atoms with E-state index >= 15 is 0 Å². The Bertz CT molecular complexity index is 437. The van der Waals surface area contributed by atoms with E-state index in [-0.39, 0.29) is 22.9 Å². The Balaban J connectivity index is 2.75. The topological polar surface area (TPSA) is 64.3 Å². The average Bonchev–Trinajstić information content (AvgIpc) is 2.28. The molecule has 0 aliphatic carbocycles. The van der Waals surface area contributed by atoms with Gasteiger partial charge in [-0.3, -0.25) is 4.79 Å². The lowest BCUT2D eigenvalue weighted by molar-refractivity contribution is -0.117. The Morgan fingerprint density at radius 3 is 2.88 bits per heavy atom. The molecular weight excluding hydrogens is 243 g/mol. The maximum Gasteiger partial charge on any atom is 0.226 e. The summed E-state index contributed by atoms with van der Waals surface area (Å²) < 4.78 is 18.0. The van der Waals surface area contributed by atoms with Gasteiger partial charge in [-0.15, -0.1) is 0 Å². The van der Waals surface area contributed by atoms with Crippen LogP contribution in [0.5, 0.6) is 0 Å². The van der Waals surface area contributed by atoms with Crippen LogP contribution in [0.4, 0.5) is 10.1 Å². The SMILES string of the molecule is COCCC(=O)Nc1ccc(F)c(C(N)=S)c1. The summed E-state index contributed by atoms with van der Waals surface area (Å²) in [6.07, 6.45) is 0.232. The number of nitrogens with two attached hydrogens (primary N) is 1. The Kier molecular flexibility index (Phi) is 4.99. The third kappa shape index (κ3) is 4.08. The molecule has 1 aromatic rings. The summed E-state index contributed by atoms with van der Waals surface area (Å²) >= 11 is 4.70. The number of anilines is 1. The molecule has 1 amide bonds. The predicted octanol–water partition coefficient (Wildman–Crippen LogP) is 1.43. The number of nitrogens with one attached hydrogen (secondary N) is 1. The third-order valence-corrected chi connectivity index (χ3v) is 2.27. The molecule has 0 aliphatic heterocycles. The fraction of sp³-hybridized carbons (Fsp3) is 0.273. The molecule has 0 saturated heterocycles. The number of methoxy groups -OCH3 is 1. The van der Waals surface area contributed by atoms with Gasteiger partial charge in [0.05, 0.1) is 13.0 Å². The van der Waals surface area contributed by atoms with Gasteiger partial charge in [-0.2, -0.15) is 0 Å². The highest BCUT2D eigenvalue weighted by Gasteiger charge is 2.08. The number of benzene rings is 1. The van der Waals surface area contributed by atoms with Gasteiger partial charge in [0.2, 0.25) is 5.91 Å². The van der Waals surface area contributed by atoms with Crippen molar-refractivity contribution in [1.82, 2.24) is 0 Å². The van der Waals surface area contributed by atoms with Crippen LogP contribution >= 0.6 is 12.2 Å². The molecule has 0 radical (unpaired) electrons. The first-order valence-electron chi connectivity index (χ1n) is 4.92. The Morgan fingerprint density at radius 1 is 1.59 bits per heavy atom. The number of amides is 1. The molecule has 0 heterocycles. The number of hydrogen-bond donors (Lipinski definition) is 2. The molecule has 0 aliphatic rings. The van der Waals surface area contributed by atoms with E-state index in [0.29, 0.717) is 12.3 Å². The van der Waals surface area contributed by atoms with Gasteiger partial charge >= 0.3 is 0 Å². The van der Waals surface area contributed by atoms with E-state index in [0.717, 1.165) is 0 Å². The van der Waals surface area contributed by atoms with Crippen LogP contribution in [-0.4, -0.2) is 24.6 Å². The van der Waals surface area contributed by atoms with Crippen LogP contribution in [0.25, 0.3) is 0 Å². The Morgan fingerprint density at radius 2 is 2.29 bits per heavy atom. The predicted molar refractivity (Wildman–Crippen MR) is 67.4 cm³/mol. The highest BCUT2D eigenvalue weighted by atomic mass is 32.1. The van der Waals surface area contributed by atoms with Crippen molar-refractivity contribution in [3.8, 4) is 0 Å². The van der Waals surface area contributed by atoms with E-state index in [1.54, 1.807) is 0 Å². The van der Waals surface area contributed by atoms with E-state index in [1.165, 1.54) is 25.3 Å². The molecule has 0 fully saturated rings. The maximum atomic E-state index is 13.3. The lowest BCUT2D eigenvalue weighted by Crippen LogP contribution is -2.16. The summed E-state index contributed by atoms with van der Waals surface area (Å²) in [5, 5.41) is 2.60. The van der Waals surface area contributed by atoms with Crippen molar-refractivity contribution in [3.05, 3.63) is 29.6 Å². The molecule has 17 heavy (non-hydrogen) atoms. The smallest absolute Gasteiger partial charge is 0.226 e. The minimum Gasteiger partial charge on any atom is -0.389 e. The zero-order valence-electron chi connectivity index (χ0n) is 9.33. The third-order valence-electron chi connectivity index (χ3n) is 2.05. The maximum absolute atomic E-state index is 13.3. The first kappa shape index (κ1) is 13.5. The number of halogens is 1. The second-order valence-corrected chi connectivity index (χ2v) is 3.79. The van der Waals surface area contributed by atoms with Crippen molar-refractivity contribution in [1.29, 1.82) is 0 Å². The van der Waals surface area contributed by atoms with Crippen molar-refractivity contribution in [3.63, 3.8) is 0 Å². The summed E-state index contributed by atoms with van der Waals surface area (Å²) in [5.41, 5.74) is 5.92. The normalized spacial score (nSPS) is 10.0. The zero-order valence-corrected chi connectivity index (χ0v) is 10.1. The summed E-state index contributed by atoms with van der Waals surface area (Å²) in [7, 11) is 1.51. The molecule has 0 atom stereocenters. The van der Waals surface area contributed by atoms with Crippen molar-refractivity contribution in [2.45, 2.75) is 6.42 Å². The van der Waals surface area contributed by atoms with Crippen molar-refractivity contribution in [2.75, 3.05) is 19.0 Å². The molecule has 1 rings (SSSR count). The van der Waals surface area contributed by atoms with E-state index in [9.17, 15) is 9.18 Å². The van der Waals surface area contributed by atoms with Crippen LogP contribution in [0.2, 0.25) is 0 Å². The quantitative estimate of drug-likeness (QED) is 0.782. The zero-order chi connectivity index (χ0) is 12.8. The number of rotatable bonds is 5. The highest BCUT2D eigenvalue weighted by Crippen LogP contribution is 2.15. The van der Waals surface area contributed by atoms with Crippen molar-refractivity contribution in [2.24, 2.45) is 5.73 Å². The molecular formula is C11H13FN2O2S. The Hall–Kier alpha value is -1.53. The fourth-order valence-corrected chi connectivity index (χ4v) is 1.37. The van der Waals surface area contributed by atoms with Gasteiger partial charge in [0, 0.05) is 18.4 Å². The molecule has 0 aromatic heterocycles. The Labute approximate surface area is 104 Å². The van der Waals surface area contributed by atoms with Crippen LogP contribution in [-0.2, 0) is 9.53 Å². The molecule has 1 aromatic carbocycles. The number of carbonyl (C=O) groups excluding carboxylic acids is 1. The molecule has 0 spiro atoms. The standard InChI is InChI=1S/C11H13FN2O2S/c1-16-5-4-10(15)14-7-2-3-9(12)8(6-7)11(13)17/h2-3,6H,4-5H2,1H3,(H2,13,17)(H,14,15). The summed E-state index contributed by atoms with van der Waals surface area (Å²) in [6, 6.07) is 4.06. The minimum absolute atomic E-state index is 0.0458. The number of hydrogen-bond acceptors (Lipinski definition) is 3. The van der Waals surface area contributed by atoms with E-state index in [1.807, 2.05) is 0 Å². The lowest BCUT2D eigenvalue weighted by atomic mass is 10.2. The van der Waals surface area contributed by atoms with Gasteiger partial charge < -0.3 is 15.8 Å². The first-order valence-corrected chi connectivity index (χ1v) is 5.33. The van der Waals surface area contributed by atoms with Gasteiger partial charge in [-0.25, -0.2) is 4.39 Å². The van der Waals surface area contributed by atoms with Gasteiger partial charge in [-0.1, -0.05) is 12.2 Å². The van der Waals surface area contributed by atoms with Gasteiger partial charge in [0.1, 0.15) is 10.8 Å². The van der Waals surface area contributed by atoms with Crippen molar-refractivity contribution < 1.29 is 13.9 Å². The average molecular weight is 256 g/mol. The number of thiocarbonyl (C=S) groups is 1. The molecule has 6 heteroatoms. The fourth-order valence-electron chi connectivity index (χ4n) is 1.21. The molecule has 0 saturated carbocycles. The molecule has 4 nitrogen and oxygen atoms in total. The molecule has 0 bridgehead atoms. The second-order valence-electron chi connectivity index (χ2n) is 3.35. The van der Waals surface area contributed by atoms with Gasteiger partial charge in [-0.05, 0) is 18.2 Å². The van der Waals surface area contributed by atoms with Crippen molar-refractivity contribution >= 4 is 28.8 Å². The monoisotopic (exact) mass is 256 g/mol. The number of carbonyl (C=O) groups is 1. The van der Waals surface area contributed by atoms with Crippen LogP contribution in [0, 0.1) is 5.82 Å². The largest absolute Gasteiger partial charge is 0.389 e. The second kappa shape index (κ2) is 6.27. The van der Waals surface area contributed by atoms with Crippen LogP contribution < -0.4 is 11.1 Å². The summed E-state index contributed by atoms with van der Waals surface area (Å²) in [4.78, 5) is 11.3. The lowest BCUT2D eigenvalue weighted by Gasteiger charge is -2.07. The van der Waals surface area contributed by atoms with Gasteiger partial charge in [0.25, 0.3) is 0 Å². The van der Waals surface area contributed by atoms with Crippen LogP contribution in [0.3, 0.4) is 0 Å². The van der Waals surface area contributed by atoms with Gasteiger partial charge in [0.15, 0.2) is 0 Å². The van der Waals surface area contributed by atoms with E-state index in [4.69, 9.17) is 22.7 Å².